The quantitative estimate of drug-likeness (QED) is 0.829. The molecular weight excluding hydrogens is 202 g/mol. The van der Waals surface area contributed by atoms with Crippen LogP contribution in [0.15, 0.2) is 0 Å². The molecule has 2 aromatic heterocycles. The van der Waals surface area contributed by atoms with E-state index < -0.39 is 0 Å². The maximum absolute atomic E-state index is 4.47. The van der Waals surface area contributed by atoms with Crippen LogP contribution in [0.25, 0.3) is 11.0 Å². The van der Waals surface area contributed by atoms with E-state index in [4.69, 9.17) is 0 Å². The van der Waals surface area contributed by atoms with Gasteiger partial charge in [-0.2, -0.15) is 5.10 Å². The molecule has 0 unspecified atom stereocenters. The van der Waals surface area contributed by atoms with Gasteiger partial charge in [0.1, 0.15) is 16.9 Å². The summed E-state index contributed by atoms with van der Waals surface area (Å²) < 4.78 is 1.86. The first-order valence-corrected chi connectivity index (χ1v) is 5.59. The number of aromatic nitrogens is 4. The fraction of sp³-hybridized carbons (Fsp3) is 0.545. The molecule has 3 rings (SSSR count). The molecule has 2 aromatic rings. The molecule has 0 radical (unpaired) electrons. The van der Waals surface area contributed by atoms with Gasteiger partial charge in [-0.3, -0.25) is 4.68 Å². The molecule has 0 amide bonds. The monoisotopic (exact) mass is 217 g/mol. The summed E-state index contributed by atoms with van der Waals surface area (Å²) in [4.78, 5) is 8.92. The molecule has 1 aliphatic carbocycles. The number of anilines is 1. The fourth-order valence-electron chi connectivity index (χ4n) is 1.97. The number of fused-ring (bicyclic) bond motifs is 1. The van der Waals surface area contributed by atoms with E-state index in [9.17, 15) is 0 Å². The van der Waals surface area contributed by atoms with Gasteiger partial charge in [-0.25, -0.2) is 9.97 Å². The summed E-state index contributed by atoms with van der Waals surface area (Å²) in [6, 6.07) is 0.590. The van der Waals surface area contributed by atoms with Gasteiger partial charge in [0.25, 0.3) is 0 Å². The van der Waals surface area contributed by atoms with Crippen LogP contribution < -0.4 is 5.32 Å². The first-order valence-electron chi connectivity index (χ1n) is 5.59. The van der Waals surface area contributed by atoms with Crippen LogP contribution in [0.2, 0.25) is 0 Å². The summed E-state index contributed by atoms with van der Waals surface area (Å²) in [5.41, 5.74) is 2.93. The first kappa shape index (κ1) is 9.57. The van der Waals surface area contributed by atoms with Crippen LogP contribution in [0.1, 0.15) is 24.4 Å². The van der Waals surface area contributed by atoms with Gasteiger partial charge in [0.05, 0.1) is 5.69 Å². The van der Waals surface area contributed by atoms with Crippen LogP contribution in [0.4, 0.5) is 5.82 Å². The molecule has 0 bridgehead atoms. The molecule has 1 saturated carbocycles. The maximum atomic E-state index is 4.47. The average molecular weight is 217 g/mol. The lowest BCUT2D eigenvalue weighted by atomic mass is 10.3. The van der Waals surface area contributed by atoms with Gasteiger partial charge in [-0.15, -0.1) is 0 Å². The van der Waals surface area contributed by atoms with Crippen LogP contribution >= 0.6 is 0 Å². The van der Waals surface area contributed by atoms with E-state index in [-0.39, 0.29) is 0 Å². The third-order valence-corrected chi connectivity index (χ3v) is 2.88. The maximum Gasteiger partial charge on any atom is 0.156 e. The first-order chi connectivity index (χ1) is 7.65. The van der Waals surface area contributed by atoms with Gasteiger partial charge in [-0.1, -0.05) is 0 Å². The van der Waals surface area contributed by atoms with E-state index in [0.29, 0.717) is 6.04 Å². The molecule has 16 heavy (non-hydrogen) atoms. The zero-order valence-corrected chi connectivity index (χ0v) is 9.78. The van der Waals surface area contributed by atoms with Crippen molar-refractivity contribution in [1.29, 1.82) is 0 Å². The normalized spacial score (nSPS) is 15.7. The van der Waals surface area contributed by atoms with Crippen LogP contribution in [-0.4, -0.2) is 25.8 Å². The topological polar surface area (TPSA) is 55.6 Å². The molecule has 0 aliphatic heterocycles. The van der Waals surface area contributed by atoms with Crippen molar-refractivity contribution in [1.82, 2.24) is 19.7 Å². The zero-order valence-electron chi connectivity index (χ0n) is 9.78. The molecule has 5 heteroatoms. The summed E-state index contributed by atoms with van der Waals surface area (Å²) in [6.45, 7) is 3.90. The average Bonchev–Trinajstić information content (AvgIpc) is 2.95. The largest absolute Gasteiger partial charge is 0.365 e. The Morgan fingerprint density at radius 3 is 2.69 bits per heavy atom. The minimum absolute atomic E-state index is 0.590. The number of nitrogens with one attached hydrogen (secondary N) is 1. The zero-order chi connectivity index (χ0) is 11.3. The Morgan fingerprint density at radius 2 is 2.00 bits per heavy atom. The van der Waals surface area contributed by atoms with Crippen LogP contribution in [0.5, 0.6) is 0 Å². The van der Waals surface area contributed by atoms with Crippen molar-refractivity contribution >= 4 is 16.9 Å². The smallest absolute Gasteiger partial charge is 0.156 e. The summed E-state index contributed by atoms with van der Waals surface area (Å²) >= 11 is 0. The van der Waals surface area contributed by atoms with E-state index >= 15 is 0 Å². The lowest BCUT2D eigenvalue weighted by Crippen LogP contribution is -2.07. The standard InChI is InChI=1S/C11H15N5/c1-6-9-10(16(3)15-6)11(13-7(2)12-9)14-8-4-5-8/h8H,4-5H2,1-3H3,(H,12,13,14). The Morgan fingerprint density at radius 1 is 1.25 bits per heavy atom. The molecule has 0 aromatic carbocycles. The van der Waals surface area contributed by atoms with Crippen molar-refractivity contribution in [3.63, 3.8) is 0 Å². The molecule has 1 N–H and O–H groups in total. The number of hydrogen-bond acceptors (Lipinski definition) is 4. The molecule has 2 heterocycles. The highest BCUT2D eigenvalue weighted by Gasteiger charge is 2.24. The molecule has 0 saturated heterocycles. The third kappa shape index (κ3) is 1.43. The second-order valence-electron chi connectivity index (χ2n) is 4.44. The highest BCUT2D eigenvalue weighted by molar-refractivity contribution is 5.87. The van der Waals surface area contributed by atoms with Gasteiger partial charge >= 0.3 is 0 Å². The second-order valence-corrected chi connectivity index (χ2v) is 4.44. The second kappa shape index (κ2) is 3.17. The van der Waals surface area contributed by atoms with Crippen LogP contribution in [-0.2, 0) is 7.05 Å². The minimum Gasteiger partial charge on any atom is -0.365 e. The van der Waals surface area contributed by atoms with Crippen LogP contribution in [0, 0.1) is 13.8 Å². The van der Waals surface area contributed by atoms with Crippen molar-refractivity contribution < 1.29 is 0 Å². The third-order valence-electron chi connectivity index (χ3n) is 2.88. The van der Waals surface area contributed by atoms with E-state index in [0.717, 1.165) is 28.4 Å². The number of rotatable bonds is 2. The van der Waals surface area contributed by atoms with Gasteiger partial charge in [0.2, 0.25) is 0 Å². The van der Waals surface area contributed by atoms with Crippen molar-refractivity contribution in [2.45, 2.75) is 32.7 Å². The summed E-state index contributed by atoms with van der Waals surface area (Å²) in [6.07, 6.45) is 2.47. The molecule has 0 spiro atoms. The SMILES string of the molecule is Cc1nc(NC2CC2)c2c(n1)c(C)nn2C. The van der Waals surface area contributed by atoms with E-state index in [1.165, 1.54) is 12.8 Å². The highest BCUT2D eigenvalue weighted by Crippen LogP contribution is 2.28. The Labute approximate surface area is 93.9 Å². The molecule has 5 nitrogen and oxygen atoms in total. The van der Waals surface area contributed by atoms with Crippen molar-refractivity contribution in [2.75, 3.05) is 5.32 Å². The minimum atomic E-state index is 0.590. The van der Waals surface area contributed by atoms with Gasteiger partial charge in [0, 0.05) is 13.1 Å². The molecule has 1 fully saturated rings. The summed E-state index contributed by atoms with van der Waals surface area (Å²) in [7, 11) is 1.94. The van der Waals surface area contributed by atoms with Crippen LogP contribution in [0.3, 0.4) is 0 Å². The highest BCUT2D eigenvalue weighted by atomic mass is 15.3. The predicted molar refractivity (Wildman–Crippen MR) is 62.4 cm³/mol. The van der Waals surface area contributed by atoms with Gasteiger partial charge in [0.15, 0.2) is 5.82 Å². The number of nitrogens with zero attached hydrogens (tertiary/aromatic N) is 4. The lowest BCUT2D eigenvalue weighted by Gasteiger charge is -2.06. The number of aryl methyl sites for hydroxylation is 3. The Hall–Kier alpha value is -1.65. The predicted octanol–water partition coefficient (Wildman–Crippen LogP) is 1.55. The lowest BCUT2D eigenvalue weighted by molar-refractivity contribution is 0.782. The van der Waals surface area contributed by atoms with E-state index in [2.05, 4.69) is 20.4 Å². The molecule has 1 aliphatic rings. The van der Waals surface area contributed by atoms with E-state index in [1.54, 1.807) is 0 Å². The van der Waals surface area contributed by atoms with Crippen molar-refractivity contribution in [3.05, 3.63) is 11.5 Å². The summed E-state index contributed by atoms with van der Waals surface area (Å²) in [5.74, 6) is 1.72. The summed E-state index contributed by atoms with van der Waals surface area (Å²) in [5, 5.41) is 7.84. The van der Waals surface area contributed by atoms with Crippen molar-refractivity contribution in [3.8, 4) is 0 Å². The van der Waals surface area contributed by atoms with E-state index in [1.807, 2.05) is 25.6 Å². The molecular formula is C11H15N5. The molecule has 84 valence electrons. The molecule has 0 atom stereocenters. The fourth-order valence-corrected chi connectivity index (χ4v) is 1.97. The van der Waals surface area contributed by atoms with Gasteiger partial charge in [-0.05, 0) is 26.7 Å². The Balaban J connectivity index is 2.23. The Kier molecular flexibility index (Phi) is 1.89. The van der Waals surface area contributed by atoms with Gasteiger partial charge < -0.3 is 5.32 Å². The Bertz CT molecular complexity index is 553. The number of hydrogen-bond donors (Lipinski definition) is 1. The van der Waals surface area contributed by atoms with Crippen molar-refractivity contribution in [2.24, 2.45) is 7.05 Å².